The highest BCUT2D eigenvalue weighted by Gasteiger charge is 2.18. The summed E-state index contributed by atoms with van der Waals surface area (Å²) in [7, 11) is 0. The fraction of sp³-hybridized carbons (Fsp3) is 0.545. The Morgan fingerprint density at radius 1 is 1.59 bits per heavy atom. The predicted octanol–water partition coefficient (Wildman–Crippen LogP) is 0.929. The van der Waals surface area contributed by atoms with E-state index in [0.717, 1.165) is 0 Å². The van der Waals surface area contributed by atoms with Crippen molar-refractivity contribution >= 4 is 11.8 Å². The molecule has 1 aromatic heterocycles. The van der Waals surface area contributed by atoms with Gasteiger partial charge in [-0.2, -0.15) is 0 Å². The van der Waals surface area contributed by atoms with Crippen LogP contribution in [0.4, 0.5) is 5.82 Å². The average Bonchev–Trinajstić information content (AvgIpc) is 2.23. The topological polar surface area (TPSA) is 95.1 Å². The minimum absolute atomic E-state index is 0.266. The second kappa shape index (κ2) is 6.03. The quantitative estimate of drug-likeness (QED) is 0.686. The monoisotopic (exact) mass is 239 g/mol. The number of aromatic nitrogens is 2. The zero-order valence-electron chi connectivity index (χ0n) is 9.93. The second-order valence-electron chi connectivity index (χ2n) is 4.34. The van der Waals surface area contributed by atoms with E-state index < -0.39 is 11.9 Å². The summed E-state index contributed by atoms with van der Waals surface area (Å²) in [6, 6.07) is 1.30. The van der Waals surface area contributed by atoms with Crippen molar-refractivity contribution in [1.82, 2.24) is 9.97 Å². The number of aliphatic carboxylic acids is 1. The molecule has 0 bridgehead atoms. The highest BCUT2D eigenvalue weighted by Crippen LogP contribution is 2.12. The lowest BCUT2D eigenvalue weighted by Crippen LogP contribution is -2.25. The molecule has 17 heavy (non-hydrogen) atoms. The van der Waals surface area contributed by atoms with Crippen molar-refractivity contribution in [3.05, 3.63) is 22.7 Å². The maximum absolute atomic E-state index is 11.0. The minimum atomic E-state index is -0.837. The third-order valence-corrected chi connectivity index (χ3v) is 2.31. The number of aromatic amines is 1. The second-order valence-corrected chi connectivity index (χ2v) is 4.34. The largest absolute Gasteiger partial charge is 0.481 e. The van der Waals surface area contributed by atoms with Crippen LogP contribution in [0.1, 0.15) is 20.3 Å². The summed E-state index contributed by atoms with van der Waals surface area (Å²) < 4.78 is 0. The van der Waals surface area contributed by atoms with Crippen LogP contribution in [-0.2, 0) is 4.79 Å². The van der Waals surface area contributed by atoms with Gasteiger partial charge in [-0.05, 0) is 12.3 Å². The van der Waals surface area contributed by atoms with Gasteiger partial charge in [0.1, 0.15) is 5.82 Å². The van der Waals surface area contributed by atoms with Crippen LogP contribution in [0.25, 0.3) is 0 Å². The molecule has 6 heteroatoms. The molecule has 0 radical (unpaired) electrons. The molecule has 0 saturated carbocycles. The lowest BCUT2D eigenvalue weighted by molar-refractivity contribution is -0.141. The first-order valence-corrected chi connectivity index (χ1v) is 5.50. The average molecular weight is 239 g/mol. The third-order valence-electron chi connectivity index (χ3n) is 2.31. The maximum atomic E-state index is 11.0. The van der Waals surface area contributed by atoms with Gasteiger partial charge in [0.25, 0.3) is 5.56 Å². The van der Waals surface area contributed by atoms with Crippen LogP contribution in [0.5, 0.6) is 0 Å². The standard InChI is InChI=1S/C11H17N3O3/c1-7(2)3-8(11(16)17)5-12-9-4-10(15)14-6-13-9/h4,6-8H,3,5H2,1-2H3,(H,16,17)(H2,12,13,14,15). The number of carboxylic acid groups (broad SMARTS) is 1. The Balaban J connectivity index is 2.57. The molecule has 0 aliphatic carbocycles. The lowest BCUT2D eigenvalue weighted by atomic mass is 9.97. The van der Waals surface area contributed by atoms with Crippen LogP contribution in [0, 0.1) is 11.8 Å². The van der Waals surface area contributed by atoms with Crippen LogP contribution in [-0.4, -0.2) is 27.6 Å². The molecule has 0 aliphatic heterocycles. The molecule has 0 spiro atoms. The maximum Gasteiger partial charge on any atom is 0.308 e. The minimum Gasteiger partial charge on any atom is -0.481 e. The third kappa shape index (κ3) is 4.67. The van der Waals surface area contributed by atoms with E-state index in [1.807, 2.05) is 13.8 Å². The fourth-order valence-corrected chi connectivity index (χ4v) is 1.53. The van der Waals surface area contributed by atoms with Crippen LogP contribution in [0.2, 0.25) is 0 Å². The molecule has 1 aromatic rings. The summed E-state index contributed by atoms with van der Waals surface area (Å²) in [6.45, 7) is 4.22. The molecule has 0 saturated heterocycles. The molecule has 0 aliphatic rings. The van der Waals surface area contributed by atoms with Crippen molar-refractivity contribution < 1.29 is 9.90 Å². The number of carboxylic acids is 1. The van der Waals surface area contributed by atoms with Crippen molar-refractivity contribution in [3.63, 3.8) is 0 Å². The van der Waals surface area contributed by atoms with Crippen LogP contribution >= 0.6 is 0 Å². The summed E-state index contributed by atoms with van der Waals surface area (Å²) in [4.78, 5) is 28.3. The van der Waals surface area contributed by atoms with Gasteiger partial charge < -0.3 is 15.4 Å². The van der Waals surface area contributed by atoms with Gasteiger partial charge in [0.15, 0.2) is 0 Å². The molecule has 1 atom stereocenters. The number of carbonyl (C=O) groups is 1. The normalized spacial score (nSPS) is 12.4. The summed E-state index contributed by atoms with van der Waals surface area (Å²) in [6.07, 6.45) is 1.87. The molecule has 1 rings (SSSR count). The van der Waals surface area contributed by atoms with Crippen molar-refractivity contribution in [2.75, 3.05) is 11.9 Å². The summed E-state index contributed by atoms with van der Waals surface area (Å²) in [5.74, 6) is -0.610. The molecule has 94 valence electrons. The fourth-order valence-electron chi connectivity index (χ4n) is 1.53. The van der Waals surface area contributed by atoms with Crippen molar-refractivity contribution in [1.29, 1.82) is 0 Å². The SMILES string of the molecule is CC(C)CC(CNc1cc(=O)[nH]cn1)C(=O)O. The van der Waals surface area contributed by atoms with Gasteiger partial charge in [0.2, 0.25) is 0 Å². The van der Waals surface area contributed by atoms with Gasteiger partial charge in [-0.1, -0.05) is 13.8 Å². The van der Waals surface area contributed by atoms with Gasteiger partial charge in [-0.25, -0.2) is 4.98 Å². The van der Waals surface area contributed by atoms with Gasteiger partial charge in [0, 0.05) is 12.6 Å². The van der Waals surface area contributed by atoms with Crippen LogP contribution in [0.3, 0.4) is 0 Å². The van der Waals surface area contributed by atoms with Crippen molar-refractivity contribution in [3.8, 4) is 0 Å². The highest BCUT2D eigenvalue weighted by molar-refractivity contribution is 5.70. The Hall–Kier alpha value is -1.85. The first-order chi connectivity index (χ1) is 7.99. The summed E-state index contributed by atoms with van der Waals surface area (Å²) >= 11 is 0. The number of hydrogen-bond donors (Lipinski definition) is 3. The summed E-state index contributed by atoms with van der Waals surface area (Å²) in [5, 5.41) is 11.9. The molecule has 1 heterocycles. The molecule has 0 amide bonds. The molecular formula is C11H17N3O3. The van der Waals surface area contributed by atoms with Gasteiger partial charge in [-0.3, -0.25) is 9.59 Å². The first kappa shape index (κ1) is 13.2. The number of nitrogens with zero attached hydrogens (tertiary/aromatic N) is 1. The van der Waals surface area contributed by atoms with E-state index in [0.29, 0.717) is 18.2 Å². The van der Waals surface area contributed by atoms with Crippen molar-refractivity contribution in [2.45, 2.75) is 20.3 Å². The van der Waals surface area contributed by atoms with Crippen LogP contribution < -0.4 is 10.9 Å². The van der Waals surface area contributed by atoms with E-state index in [4.69, 9.17) is 5.11 Å². The van der Waals surface area contributed by atoms with Gasteiger partial charge >= 0.3 is 5.97 Å². The Morgan fingerprint density at radius 2 is 2.29 bits per heavy atom. The van der Waals surface area contributed by atoms with E-state index in [1.165, 1.54) is 12.4 Å². The summed E-state index contributed by atoms with van der Waals surface area (Å²) in [5.41, 5.74) is -0.266. The Labute approximate surface area is 99.1 Å². The molecule has 0 aromatic carbocycles. The van der Waals surface area contributed by atoms with E-state index in [-0.39, 0.29) is 12.1 Å². The van der Waals surface area contributed by atoms with E-state index >= 15 is 0 Å². The number of hydrogen-bond acceptors (Lipinski definition) is 4. The van der Waals surface area contributed by atoms with E-state index in [9.17, 15) is 9.59 Å². The molecule has 3 N–H and O–H groups in total. The Morgan fingerprint density at radius 3 is 2.82 bits per heavy atom. The number of anilines is 1. The molecule has 0 fully saturated rings. The number of nitrogens with one attached hydrogen (secondary N) is 2. The zero-order valence-corrected chi connectivity index (χ0v) is 9.93. The molecular weight excluding hydrogens is 222 g/mol. The Bertz CT molecular complexity index is 428. The molecule has 6 nitrogen and oxygen atoms in total. The highest BCUT2D eigenvalue weighted by atomic mass is 16.4. The number of H-pyrrole nitrogens is 1. The number of rotatable bonds is 6. The predicted molar refractivity (Wildman–Crippen MR) is 63.9 cm³/mol. The van der Waals surface area contributed by atoms with Crippen molar-refractivity contribution in [2.24, 2.45) is 11.8 Å². The molecule has 1 unspecified atom stereocenters. The zero-order chi connectivity index (χ0) is 12.8. The van der Waals surface area contributed by atoms with Gasteiger partial charge in [-0.15, -0.1) is 0 Å². The van der Waals surface area contributed by atoms with Gasteiger partial charge in [0.05, 0.1) is 12.2 Å². The van der Waals surface area contributed by atoms with E-state index in [1.54, 1.807) is 0 Å². The lowest BCUT2D eigenvalue weighted by Gasteiger charge is -2.15. The van der Waals surface area contributed by atoms with Crippen LogP contribution in [0.15, 0.2) is 17.2 Å². The Kier molecular flexibility index (Phi) is 4.68. The van der Waals surface area contributed by atoms with E-state index in [2.05, 4.69) is 15.3 Å². The smallest absolute Gasteiger partial charge is 0.308 e. The first-order valence-electron chi connectivity index (χ1n) is 5.50.